The van der Waals surface area contributed by atoms with Gasteiger partial charge in [-0.3, -0.25) is 9.59 Å². The van der Waals surface area contributed by atoms with E-state index in [0.717, 1.165) is 31.6 Å². The van der Waals surface area contributed by atoms with Gasteiger partial charge in [0.2, 0.25) is 5.91 Å². The highest BCUT2D eigenvalue weighted by Gasteiger charge is 2.25. The number of hydrogen-bond acceptors (Lipinski definition) is 4. The molecule has 0 bridgehead atoms. The summed E-state index contributed by atoms with van der Waals surface area (Å²) in [4.78, 5) is 30.6. The first kappa shape index (κ1) is 17.7. The van der Waals surface area contributed by atoms with Gasteiger partial charge in [-0.15, -0.1) is 0 Å². The average Bonchev–Trinajstić information content (AvgIpc) is 3.45. The van der Waals surface area contributed by atoms with E-state index in [4.69, 9.17) is 0 Å². The second kappa shape index (κ2) is 8.32. The molecule has 2 heterocycles. The first-order valence-electron chi connectivity index (χ1n) is 9.44. The Morgan fingerprint density at radius 1 is 1.28 bits per heavy atom. The zero-order valence-corrected chi connectivity index (χ0v) is 15.0. The van der Waals surface area contributed by atoms with E-state index in [1.165, 1.54) is 12.8 Å². The average molecular weight is 344 g/mol. The Balaban J connectivity index is 1.51. The van der Waals surface area contributed by atoms with E-state index in [2.05, 4.69) is 15.6 Å². The normalized spacial score (nSPS) is 20.2. The topological polar surface area (TPSA) is 74.3 Å². The van der Waals surface area contributed by atoms with E-state index >= 15 is 0 Å². The Labute approximate surface area is 149 Å². The van der Waals surface area contributed by atoms with Crippen LogP contribution in [0.25, 0.3) is 0 Å². The molecule has 2 fully saturated rings. The summed E-state index contributed by atoms with van der Waals surface area (Å²) >= 11 is 0. The van der Waals surface area contributed by atoms with Crippen LogP contribution in [-0.2, 0) is 4.79 Å². The fraction of sp³-hybridized carbons (Fsp3) is 0.632. The van der Waals surface area contributed by atoms with E-state index in [9.17, 15) is 9.59 Å². The molecule has 0 aromatic carbocycles. The van der Waals surface area contributed by atoms with Crippen molar-refractivity contribution in [2.75, 3.05) is 25.0 Å². The second-order valence-electron chi connectivity index (χ2n) is 7.16. The third kappa shape index (κ3) is 5.18. The fourth-order valence-electron chi connectivity index (χ4n) is 3.21. The molecule has 1 saturated carbocycles. The Bertz CT molecular complexity index is 598. The lowest BCUT2D eigenvalue weighted by Crippen LogP contribution is -2.43. The molecule has 1 atom stereocenters. The van der Waals surface area contributed by atoms with Gasteiger partial charge >= 0.3 is 0 Å². The van der Waals surface area contributed by atoms with Crippen LogP contribution in [-0.4, -0.2) is 47.4 Å². The van der Waals surface area contributed by atoms with Gasteiger partial charge in [0, 0.05) is 38.3 Å². The van der Waals surface area contributed by atoms with Crippen LogP contribution in [0.15, 0.2) is 18.3 Å². The van der Waals surface area contributed by atoms with E-state index in [0.29, 0.717) is 37.0 Å². The molecule has 0 radical (unpaired) electrons. The molecule has 2 N–H and O–H groups in total. The van der Waals surface area contributed by atoms with Crippen LogP contribution in [0.3, 0.4) is 0 Å². The van der Waals surface area contributed by atoms with Gasteiger partial charge < -0.3 is 15.5 Å². The number of rotatable bonds is 7. The van der Waals surface area contributed by atoms with Crippen molar-refractivity contribution in [3.8, 4) is 0 Å². The number of amides is 2. The summed E-state index contributed by atoms with van der Waals surface area (Å²) in [6.07, 6.45) is 7.54. The summed E-state index contributed by atoms with van der Waals surface area (Å²) in [5.74, 6) is 1.32. The summed E-state index contributed by atoms with van der Waals surface area (Å²) in [6.45, 7) is 4.14. The van der Waals surface area contributed by atoms with Crippen LogP contribution in [0.2, 0.25) is 0 Å². The molecule has 25 heavy (non-hydrogen) atoms. The SMILES string of the molecule is CCCC(=O)NCC1CCCN(C(=O)c2ccc(NC3CC3)nc2)C1. The summed E-state index contributed by atoms with van der Waals surface area (Å²) in [5.41, 5.74) is 0.636. The van der Waals surface area contributed by atoms with Crippen molar-refractivity contribution in [3.05, 3.63) is 23.9 Å². The highest BCUT2D eigenvalue weighted by atomic mass is 16.2. The molecule has 1 aliphatic carbocycles. The molecule has 1 aliphatic heterocycles. The zero-order chi connectivity index (χ0) is 17.6. The molecule has 1 saturated heterocycles. The lowest BCUT2D eigenvalue weighted by atomic mass is 9.97. The molecule has 1 aromatic rings. The van der Waals surface area contributed by atoms with Crippen LogP contribution in [0.1, 0.15) is 55.8 Å². The van der Waals surface area contributed by atoms with Gasteiger partial charge in [-0.2, -0.15) is 0 Å². The predicted octanol–water partition coefficient (Wildman–Crippen LogP) is 2.42. The summed E-state index contributed by atoms with van der Waals surface area (Å²) in [5, 5.41) is 6.32. The maximum absolute atomic E-state index is 12.7. The van der Waals surface area contributed by atoms with Crippen LogP contribution >= 0.6 is 0 Å². The van der Waals surface area contributed by atoms with Gasteiger partial charge in [0.05, 0.1) is 5.56 Å². The monoisotopic (exact) mass is 344 g/mol. The fourth-order valence-corrected chi connectivity index (χ4v) is 3.21. The minimum absolute atomic E-state index is 0.0371. The van der Waals surface area contributed by atoms with Crippen LogP contribution in [0, 0.1) is 5.92 Å². The van der Waals surface area contributed by atoms with Crippen LogP contribution in [0.4, 0.5) is 5.82 Å². The van der Waals surface area contributed by atoms with E-state index in [1.54, 1.807) is 6.20 Å². The number of likely N-dealkylation sites (tertiary alicyclic amines) is 1. The van der Waals surface area contributed by atoms with Gasteiger partial charge in [0.15, 0.2) is 0 Å². The number of carbonyl (C=O) groups is 2. The quantitative estimate of drug-likeness (QED) is 0.797. The van der Waals surface area contributed by atoms with E-state index < -0.39 is 0 Å². The first-order valence-corrected chi connectivity index (χ1v) is 9.44. The molecule has 1 aromatic heterocycles. The highest BCUT2D eigenvalue weighted by Crippen LogP contribution is 2.24. The van der Waals surface area contributed by atoms with Crippen molar-refractivity contribution in [1.29, 1.82) is 0 Å². The number of pyridine rings is 1. The third-order valence-electron chi connectivity index (χ3n) is 4.81. The van der Waals surface area contributed by atoms with Crippen molar-refractivity contribution >= 4 is 17.6 Å². The number of nitrogens with zero attached hydrogens (tertiary/aromatic N) is 2. The molecule has 2 aliphatic rings. The largest absolute Gasteiger partial charge is 0.367 e. The summed E-state index contributed by atoms with van der Waals surface area (Å²) in [6, 6.07) is 4.30. The highest BCUT2D eigenvalue weighted by molar-refractivity contribution is 5.94. The van der Waals surface area contributed by atoms with Gasteiger partial charge in [-0.25, -0.2) is 4.98 Å². The van der Waals surface area contributed by atoms with Crippen LogP contribution in [0.5, 0.6) is 0 Å². The minimum Gasteiger partial charge on any atom is -0.367 e. The molecular formula is C19H28N4O2. The Kier molecular flexibility index (Phi) is 5.89. The van der Waals surface area contributed by atoms with E-state index in [-0.39, 0.29) is 11.8 Å². The van der Waals surface area contributed by atoms with Crippen molar-refractivity contribution in [2.24, 2.45) is 5.92 Å². The van der Waals surface area contributed by atoms with Crippen molar-refractivity contribution in [2.45, 2.75) is 51.5 Å². The lowest BCUT2D eigenvalue weighted by molar-refractivity contribution is -0.121. The Morgan fingerprint density at radius 2 is 2.12 bits per heavy atom. The van der Waals surface area contributed by atoms with Gasteiger partial charge in [-0.05, 0) is 50.2 Å². The van der Waals surface area contributed by atoms with Gasteiger partial charge in [0.1, 0.15) is 5.82 Å². The molecule has 2 amide bonds. The molecule has 6 nitrogen and oxygen atoms in total. The molecule has 0 spiro atoms. The third-order valence-corrected chi connectivity index (χ3v) is 4.81. The van der Waals surface area contributed by atoms with Gasteiger partial charge in [-0.1, -0.05) is 6.92 Å². The number of nitrogens with one attached hydrogen (secondary N) is 2. The first-order chi connectivity index (χ1) is 12.2. The molecule has 3 rings (SSSR count). The number of aromatic nitrogens is 1. The zero-order valence-electron chi connectivity index (χ0n) is 15.0. The summed E-state index contributed by atoms with van der Waals surface area (Å²) in [7, 11) is 0. The van der Waals surface area contributed by atoms with Crippen molar-refractivity contribution in [3.63, 3.8) is 0 Å². The Hall–Kier alpha value is -2.11. The smallest absolute Gasteiger partial charge is 0.255 e. The second-order valence-corrected chi connectivity index (χ2v) is 7.16. The van der Waals surface area contributed by atoms with Crippen LogP contribution < -0.4 is 10.6 Å². The van der Waals surface area contributed by atoms with E-state index in [1.807, 2.05) is 24.0 Å². The number of anilines is 1. The minimum atomic E-state index is 0.0371. The van der Waals surface area contributed by atoms with Gasteiger partial charge in [0.25, 0.3) is 5.91 Å². The molecule has 1 unspecified atom stereocenters. The molecule has 6 heteroatoms. The Morgan fingerprint density at radius 3 is 2.80 bits per heavy atom. The lowest BCUT2D eigenvalue weighted by Gasteiger charge is -2.33. The predicted molar refractivity (Wildman–Crippen MR) is 97.4 cm³/mol. The number of piperidine rings is 1. The number of hydrogen-bond donors (Lipinski definition) is 2. The molecular weight excluding hydrogens is 316 g/mol. The molecule has 136 valence electrons. The maximum Gasteiger partial charge on any atom is 0.255 e. The van der Waals surface area contributed by atoms with Crippen molar-refractivity contribution < 1.29 is 9.59 Å². The van der Waals surface area contributed by atoms with Crippen molar-refractivity contribution in [1.82, 2.24) is 15.2 Å². The standard InChI is InChI=1S/C19H28N4O2/c1-2-4-18(24)21-11-14-5-3-10-23(13-14)19(25)15-6-9-17(20-12-15)22-16-7-8-16/h6,9,12,14,16H,2-5,7-8,10-11,13H2,1H3,(H,20,22)(H,21,24). The summed E-state index contributed by atoms with van der Waals surface area (Å²) < 4.78 is 0. The maximum atomic E-state index is 12.7. The number of carbonyl (C=O) groups excluding carboxylic acids is 2.